The third kappa shape index (κ3) is 4.79. The van der Waals surface area contributed by atoms with Crippen LogP contribution < -0.4 is 10.6 Å². The molecule has 190 valence electrons. The van der Waals surface area contributed by atoms with Crippen molar-refractivity contribution >= 4 is 45.6 Å². The van der Waals surface area contributed by atoms with Crippen molar-refractivity contribution in [2.75, 3.05) is 18.5 Å². The number of amides is 3. The third-order valence-electron chi connectivity index (χ3n) is 6.73. The van der Waals surface area contributed by atoms with Crippen LogP contribution in [0.1, 0.15) is 63.5 Å². The minimum Gasteiger partial charge on any atom is -0.462 e. The van der Waals surface area contributed by atoms with Crippen LogP contribution in [0.5, 0.6) is 0 Å². The number of nitrogens with one attached hydrogen (secondary N) is 2. The zero-order valence-electron chi connectivity index (χ0n) is 20.5. The zero-order valence-corrected chi connectivity index (χ0v) is 22.2. The maximum atomic E-state index is 13.0. The van der Waals surface area contributed by atoms with Crippen molar-refractivity contribution in [3.63, 3.8) is 0 Å². The Kier molecular flexibility index (Phi) is 7.15. The van der Waals surface area contributed by atoms with Crippen LogP contribution in [0.3, 0.4) is 0 Å². The molecule has 3 amide bonds. The van der Waals surface area contributed by atoms with Gasteiger partial charge in [0.25, 0.3) is 0 Å². The summed E-state index contributed by atoms with van der Waals surface area (Å²) in [5.41, 5.74) is 3.81. The average molecular weight is 527 g/mol. The summed E-state index contributed by atoms with van der Waals surface area (Å²) >= 11 is 3.15. The van der Waals surface area contributed by atoms with Gasteiger partial charge in [0, 0.05) is 47.7 Å². The number of aryl methyl sites for hydroxylation is 1. The normalized spacial score (nSPS) is 14.7. The van der Waals surface area contributed by atoms with Crippen molar-refractivity contribution in [1.82, 2.24) is 14.8 Å². The van der Waals surface area contributed by atoms with Gasteiger partial charge in [0.1, 0.15) is 10.0 Å². The van der Waals surface area contributed by atoms with Gasteiger partial charge in [-0.05, 0) is 62.3 Å². The lowest BCUT2D eigenvalue weighted by Gasteiger charge is -2.26. The fourth-order valence-electron chi connectivity index (χ4n) is 4.97. The molecule has 0 fully saturated rings. The number of nitrogens with zero attached hydrogens (tertiary/aromatic N) is 2. The number of anilines is 1. The van der Waals surface area contributed by atoms with E-state index in [0.717, 1.165) is 58.0 Å². The van der Waals surface area contributed by atoms with Gasteiger partial charge in [0.15, 0.2) is 0 Å². The number of esters is 1. The predicted octanol–water partition coefficient (Wildman–Crippen LogP) is 4.88. The first kappa shape index (κ1) is 24.6. The molecule has 3 aromatic rings. The third-order valence-corrected chi connectivity index (χ3v) is 9.21. The van der Waals surface area contributed by atoms with Gasteiger partial charge in [0.05, 0.1) is 18.7 Å². The lowest BCUT2D eigenvalue weighted by molar-refractivity contribution is -0.129. The number of hydrogen-bond acceptors (Lipinski definition) is 6. The van der Waals surface area contributed by atoms with E-state index in [2.05, 4.69) is 15.2 Å². The smallest absolute Gasteiger partial charge is 0.341 e. The number of carbonyl (C=O) groups excluding carboxylic acids is 3. The molecule has 0 spiro atoms. The van der Waals surface area contributed by atoms with E-state index in [1.165, 1.54) is 16.9 Å². The van der Waals surface area contributed by atoms with E-state index < -0.39 is 0 Å². The molecule has 4 heterocycles. The van der Waals surface area contributed by atoms with Crippen LogP contribution in [0, 0.1) is 0 Å². The summed E-state index contributed by atoms with van der Waals surface area (Å²) in [7, 11) is 0. The van der Waals surface area contributed by atoms with Crippen LogP contribution in [-0.2, 0) is 41.9 Å². The molecule has 0 radical (unpaired) electrons. The number of ether oxygens (including phenoxy) is 1. The second kappa shape index (κ2) is 10.5. The van der Waals surface area contributed by atoms with Crippen LogP contribution in [0.25, 0.3) is 5.00 Å². The maximum Gasteiger partial charge on any atom is 0.341 e. The number of fused-ring (bicyclic) bond motifs is 2. The van der Waals surface area contributed by atoms with Gasteiger partial charge in [0.2, 0.25) is 5.91 Å². The Balaban J connectivity index is 1.36. The van der Waals surface area contributed by atoms with Crippen molar-refractivity contribution in [1.29, 1.82) is 0 Å². The van der Waals surface area contributed by atoms with Crippen molar-refractivity contribution in [2.24, 2.45) is 0 Å². The Labute approximate surface area is 218 Å². The van der Waals surface area contributed by atoms with Crippen LogP contribution in [-0.4, -0.2) is 40.5 Å². The summed E-state index contributed by atoms with van der Waals surface area (Å²) in [5.74, 6) is -0.296. The van der Waals surface area contributed by atoms with Crippen LogP contribution in [0.4, 0.5) is 9.80 Å². The highest BCUT2D eigenvalue weighted by Crippen LogP contribution is 2.39. The maximum absolute atomic E-state index is 13.0. The number of thiophene rings is 2. The van der Waals surface area contributed by atoms with Crippen LogP contribution in [0.2, 0.25) is 0 Å². The summed E-state index contributed by atoms with van der Waals surface area (Å²) < 4.78 is 7.36. The summed E-state index contributed by atoms with van der Waals surface area (Å²) in [6.07, 6.45) is 8.63. The predicted molar refractivity (Wildman–Crippen MR) is 141 cm³/mol. The molecule has 1 aliphatic heterocycles. The van der Waals surface area contributed by atoms with Gasteiger partial charge < -0.3 is 19.5 Å². The minimum atomic E-state index is -0.371. The average Bonchev–Trinajstić information content (AvgIpc) is 3.59. The lowest BCUT2D eigenvalue weighted by Crippen LogP contribution is -2.34. The van der Waals surface area contributed by atoms with Gasteiger partial charge >= 0.3 is 12.0 Å². The number of aromatic nitrogens is 1. The number of urea groups is 1. The second-order valence-electron chi connectivity index (χ2n) is 9.01. The van der Waals surface area contributed by atoms with Crippen LogP contribution >= 0.6 is 22.7 Å². The van der Waals surface area contributed by atoms with Crippen molar-refractivity contribution in [2.45, 2.75) is 59.0 Å². The van der Waals surface area contributed by atoms with Crippen molar-refractivity contribution < 1.29 is 19.1 Å². The molecule has 0 saturated carbocycles. The van der Waals surface area contributed by atoms with Gasteiger partial charge in [-0.3, -0.25) is 10.1 Å². The first-order valence-corrected chi connectivity index (χ1v) is 14.0. The largest absolute Gasteiger partial charge is 0.462 e. The molecule has 0 unspecified atom stereocenters. The first-order chi connectivity index (χ1) is 17.5. The summed E-state index contributed by atoms with van der Waals surface area (Å²) in [6, 6.07) is 3.60. The lowest BCUT2D eigenvalue weighted by atomic mass is 9.95. The summed E-state index contributed by atoms with van der Waals surface area (Å²) in [6.45, 7) is 5.31. The van der Waals surface area contributed by atoms with Gasteiger partial charge in [-0.2, -0.15) is 0 Å². The van der Waals surface area contributed by atoms with Crippen LogP contribution in [0.15, 0.2) is 24.5 Å². The molecule has 8 nitrogen and oxygen atoms in total. The molecule has 10 heteroatoms. The molecule has 36 heavy (non-hydrogen) atoms. The minimum absolute atomic E-state index is 0.0756. The Morgan fingerprint density at radius 3 is 2.56 bits per heavy atom. The Bertz CT molecular complexity index is 1290. The molecule has 0 aromatic carbocycles. The molecule has 0 atom stereocenters. The quantitative estimate of drug-likeness (QED) is 0.448. The van der Waals surface area contributed by atoms with E-state index in [4.69, 9.17) is 4.74 Å². The standard InChI is InChI=1S/C26H30N4O4S2/c1-3-34-25(32)22-18-8-4-5-9-20(18)35-23(22)28-26(33)27-14-19-17-10-13-30(16(2)31)15-21(17)36-24(19)29-11-6-7-12-29/h6-7,11-12H,3-5,8-10,13-15H2,1-2H3,(H2,27,28,33). The monoisotopic (exact) mass is 526 g/mol. The van der Waals surface area contributed by atoms with Gasteiger partial charge in [-0.1, -0.05) is 0 Å². The molecule has 1 aliphatic carbocycles. The van der Waals surface area contributed by atoms with E-state index in [1.54, 1.807) is 25.2 Å². The topological polar surface area (TPSA) is 92.7 Å². The first-order valence-electron chi connectivity index (χ1n) is 12.3. The van der Waals surface area contributed by atoms with E-state index in [9.17, 15) is 14.4 Å². The fourth-order valence-corrected chi connectivity index (χ4v) is 7.59. The highest BCUT2D eigenvalue weighted by atomic mass is 32.1. The molecular weight excluding hydrogens is 496 g/mol. The zero-order chi connectivity index (χ0) is 25.2. The SMILES string of the molecule is CCOC(=O)c1c(NC(=O)NCc2c(-n3cccc3)sc3c2CCN(C(C)=O)C3)sc2c1CCCC2. The molecule has 0 bridgehead atoms. The Morgan fingerprint density at radius 2 is 1.81 bits per heavy atom. The number of carbonyl (C=O) groups is 3. The molecule has 2 N–H and O–H groups in total. The fraction of sp³-hybridized carbons (Fsp3) is 0.423. The van der Waals surface area contributed by atoms with E-state index in [1.807, 2.05) is 29.4 Å². The summed E-state index contributed by atoms with van der Waals surface area (Å²) in [5, 5.41) is 7.57. The Hall–Kier alpha value is -3.11. The van der Waals surface area contributed by atoms with Gasteiger partial charge in [-0.15, -0.1) is 22.7 Å². The second-order valence-corrected chi connectivity index (χ2v) is 11.2. The Morgan fingerprint density at radius 1 is 1.03 bits per heavy atom. The highest BCUT2D eigenvalue weighted by Gasteiger charge is 2.28. The van der Waals surface area contributed by atoms with Crippen molar-refractivity contribution in [3.05, 3.63) is 56.5 Å². The van der Waals surface area contributed by atoms with Gasteiger partial charge in [-0.25, -0.2) is 9.59 Å². The van der Waals surface area contributed by atoms with Crippen molar-refractivity contribution in [3.8, 4) is 5.00 Å². The highest BCUT2D eigenvalue weighted by molar-refractivity contribution is 7.17. The number of hydrogen-bond donors (Lipinski definition) is 2. The number of rotatable bonds is 6. The van der Waals surface area contributed by atoms with E-state index in [0.29, 0.717) is 36.8 Å². The van der Waals surface area contributed by atoms with E-state index >= 15 is 0 Å². The molecule has 3 aromatic heterocycles. The molecule has 2 aliphatic rings. The van der Waals surface area contributed by atoms with E-state index in [-0.39, 0.29) is 17.9 Å². The molecule has 0 saturated heterocycles. The summed E-state index contributed by atoms with van der Waals surface area (Å²) in [4.78, 5) is 41.9. The molecular formula is C26H30N4O4S2. The molecule has 5 rings (SSSR count).